The second-order valence-electron chi connectivity index (χ2n) is 3.11. The zero-order chi connectivity index (χ0) is 9.26. The Bertz CT molecular complexity index is 337. The van der Waals surface area contributed by atoms with Gasteiger partial charge >= 0.3 is 6.03 Å². The molecule has 1 aromatic heterocycles. The van der Waals surface area contributed by atoms with E-state index in [-0.39, 0.29) is 12.1 Å². The fourth-order valence-corrected chi connectivity index (χ4v) is 1.39. The average Bonchev–Trinajstić information content (AvgIpc) is 2.52. The molecule has 2 amide bonds. The molecule has 68 valence electrons. The van der Waals surface area contributed by atoms with Crippen molar-refractivity contribution in [3.8, 4) is 0 Å². The molecule has 1 aliphatic rings. The van der Waals surface area contributed by atoms with Crippen molar-refractivity contribution in [3.63, 3.8) is 0 Å². The Hall–Kier alpha value is -1.58. The summed E-state index contributed by atoms with van der Waals surface area (Å²) >= 11 is 0. The summed E-state index contributed by atoms with van der Waals surface area (Å²) in [5.74, 6) is 0. The van der Waals surface area contributed by atoms with Gasteiger partial charge in [0.2, 0.25) is 0 Å². The normalized spacial score (nSPS) is 21.0. The summed E-state index contributed by atoms with van der Waals surface area (Å²) < 4.78 is 0. The van der Waals surface area contributed by atoms with Crippen LogP contribution < -0.4 is 10.6 Å². The van der Waals surface area contributed by atoms with Crippen molar-refractivity contribution >= 4 is 6.03 Å². The number of urea groups is 1. The first-order valence-corrected chi connectivity index (χ1v) is 4.23. The highest BCUT2D eigenvalue weighted by Gasteiger charge is 2.22. The highest BCUT2D eigenvalue weighted by atomic mass is 16.2. The van der Waals surface area contributed by atoms with Crippen molar-refractivity contribution in [2.24, 2.45) is 0 Å². The number of hydrogen-bond donors (Lipinski definition) is 2. The minimum Gasteiger partial charge on any atom is -0.336 e. The van der Waals surface area contributed by atoms with Crippen molar-refractivity contribution < 1.29 is 4.79 Å². The van der Waals surface area contributed by atoms with Gasteiger partial charge in [-0.2, -0.15) is 0 Å². The molecule has 0 aliphatic carbocycles. The molecule has 1 atom stereocenters. The van der Waals surface area contributed by atoms with Crippen molar-refractivity contribution in [2.75, 3.05) is 6.54 Å². The molecule has 0 bridgehead atoms. The topological polar surface area (TPSA) is 54.0 Å². The summed E-state index contributed by atoms with van der Waals surface area (Å²) in [6, 6.07) is 5.71. The number of carbonyl (C=O) groups excluding carboxylic acids is 1. The van der Waals surface area contributed by atoms with Gasteiger partial charge in [-0.3, -0.25) is 4.98 Å². The van der Waals surface area contributed by atoms with Gasteiger partial charge in [0.1, 0.15) is 0 Å². The monoisotopic (exact) mass is 177 g/mol. The molecule has 4 heteroatoms. The third-order valence-electron chi connectivity index (χ3n) is 2.04. The molecule has 0 aromatic carbocycles. The van der Waals surface area contributed by atoms with Crippen LogP contribution in [0.2, 0.25) is 0 Å². The van der Waals surface area contributed by atoms with E-state index in [4.69, 9.17) is 0 Å². The smallest absolute Gasteiger partial charge is 0.315 e. The van der Waals surface area contributed by atoms with Crippen molar-refractivity contribution in [2.45, 2.75) is 13.0 Å². The number of aryl methyl sites for hydroxylation is 1. The third-order valence-corrected chi connectivity index (χ3v) is 2.04. The zero-order valence-corrected chi connectivity index (χ0v) is 7.37. The molecule has 2 N–H and O–H groups in total. The molecule has 2 heterocycles. The lowest BCUT2D eigenvalue weighted by Crippen LogP contribution is -2.22. The molecule has 4 nitrogen and oxygen atoms in total. The Balaban J connectivity index is 2.21. The molecule has 0 saturated carbocycles. The first-order valence-electron chi connectivity index (χ1n) is 4.23. The minimum atomic E-state index is -0.117. The second-order valence-corrected chi connectivity index (χ2v) is 3.11. The summed E-state index contributed by atoms with van der Waals surface area (Å²) in [6.45, 7) is 2.56. The number of aromatic nitrogens is 1. The van der Waals surface area contributed by atoms with Gasteiger partial charge in [0.05, 0.1) is 11.7 Å². The number of rotatable bonds is 1. The van der Waals surface area contributed by atoms with E-state index in [2.05, 4.69) is 15.6 Å². The van der Waals surface area contributed by atoms with Crippen LogP contribution in [0.15, 0.2) is 18.2 Å². The van der Waals surface area contributed by atoms with Crippen LogP contribution >= 0.6 is 0 Å². The summed E-state index contributed by atoms with van der Waals surface area (Å²) in [7, 11) is 0. The Morgan fingerprint density at radius 2 is 2.38 bits per heavy atom. The van der Waals surface area contributed by atoms with Gasteiger partial charge in [0.15, 0.2) is 0 Å². The van der Waals surface area contributed by atoms with Crippen LogP contribution in [0.1, 0.15) is 17.4 Å². The average molecular weight is 177 g/mol. The number of carbonyl (C=O) groups is 1. The summed E-state index contributed by atoms with van der Waals surface area (Å²) in [5.41, 5.74) is 1.89. The molecule has 0 spiro atoms. The molecule has 2 rings (SSSR count). The second kappa shape index (κ2) is 3.05. The van der Waals surface area contributed by atoms with Crippen LogP contribution in [0.5, 0.6) is 0 Å². The molecular formula is C9H11N3O. The maximum atomic E-state index is 10.9. The molecule has 0 unspecified atom stereocenters. The number of amides is 2. The van der Waals surface area contributed by atoms with Crippen LogP contribution in [0.25, 0.3) is 0 Å². The molecular weight excluding hydrogens is 166 g/mol. The molecule has 1 aliphatic heterocycles. The van der Waals surface area contributed by atoms with E-state index in [9.17, 15) is 4.79 Å². The summed E-state index contributed by atoms with van der Waals surface area (Å²) in [6.07, 6.45) is 0. The van der Waals surface area contributed by atoms with Crippen molar-refractivity contribution in [1.29, 1.82) is 0 Å². The zero-order valence-electron chi connectivity index (χ0n) is 7.37. The van der Waals surface area contributed by atoms with E-state index >= 15 is 0 Å². The van der Waals surface area contributed by atoms with Gasteiger partial charge in [0.25, 0.3) is 0 Å². The molecule has 0 radical (unpaired) electrons. The summed E-state index contributed by atoms with van der Waals surface area (Å²) in [4.78, 5) is 15.2. The Labute approximate surface area is 76.4 Å². The SMILES string of the molecule is Cc1cccc([C@@H]2CNC(=O)N2)n1. The largest absolute Gasteiger partial charge is 0.336 e. The van der Waals surface area contributed by atoms with Gasteiger partial charge in [0, 0.05) is 12.2 Å². The number of hydrogen-bond acceptors (Lipinski definition) is 2. The van der Waals surface area contributed by atoms with E-state index in [1.54, 1.807) is 0 Å². The van der Waals surface area contributed by atoms with Crippen LogP contribution in [0.4, 0.5) is 4.79 Å². The lowest BCUT2D eigenvalue weighted by molar-refractivity contribution is 0.247. The van der Waals surface area contributed by atoms with Crippen LogP contribution in [0.3, 0.4) is 0 Å². The van der Waals surface area contributed by atoms with E-state index in [0.717, 1.165) is 11.4 Å². The Morgan fingerprint density at radius 3 is 3.00 bits per heavy atom. The maximum Gasteiger partial charge on any atom is 0.315 e. The quantitative estimate of drug-likeness (QED) is 0.665. The van der Waals surface area contributed by atoms with Crippen molar-refractivity contribution in [1.82, 2.24) is 15.6 Å². The fraction of sp³-hybridized carbons (Fsp3) is 0.333. The minimum absolute atomic E-state index is 0.0207. The lowest BCUT2D eigenvalue weighted by atomic mass is 10.2. The van der Waals surface area contributed by atoms with Gasteiger partial charge in [-0.15, -0.1) is 0 Å². The molecule has 1 saturated heterocycles. The predicted molar refractivity (Wildman–Crippen MR) is 48.2 cm³/mol. The van der Waals surface area contributed by atoms with Crippen LogP contribution in [-0.4, -0.2) is 17.6 Å². The highest BCUT2D eigenvalue weighted by Crippen LogP contribution is 2.12. The lowest BCUT2D eigenvalue weighted by Gasteiger charge is -2.07. The Kier molecular flexibility index (Phi) is 1.88. The summed E-state index contributed by atoms with van der Waals surface area (Å²) in [5, 5.41) is 5.48. The molecule has 1 aromatic rings. The number of pyridine rings is 1. The first-order chi connectivity index (χ1) is 6.25. The number of nitrogens with one attached hydrogen (secondary N) is 2. The fourth-order valence-electron chi connectivity index (χ4n) is 1.39. The van der Waals surface area contributed by atoms with Gasteiger partial charge in [-0.05, 0) is 19.1 Å². The third kappa shape index (κ3) is 1.61. The molecule has 1 fully saturated rings. The van der Waals surface area contributed by atoms with Crippen molar-refractivity contribution in [3.05, 3.63) is 29.6 Å². The van der Waals surface area contributed by atoms with Gasteiger partial charge < -0.3 is 10.6 Å². The highest BCUT2D eigenvalue weighted by molar-refractivity contribution is 5.76. The predicted octanol–water partition coefficient (Wildman–Crippen LogP) is 0.744. The maximum absolute atomic E-state index is 10.9. The van der Waals surface area contributed by atoms with Crippen LogP contribution in [0, 0.1) is 6.92 Å². The van der Waals surface area contributed by atoms with E-state index < -0.39 is 0 Å². The van der Waals surface area contributed by atoms with E-state index in [1.165, 1.54) is 0 Å². The molecule has 13 heavy (non-hydrogen) atoms. The standard InChI is InChI=1S/C9H11N3O/c1-6-3-2-4-7(11-6)8-5-10-9(13)12-8/h2-4,8H,5H2,1H3,(H2,10,12,13)/t8-/m0/s1. The number of nitrogens with zero attached hydrogens (tertiary/aromatic N) is 1. The Morgan fingerprint density at radius 1 is 1.54 bits per heavy atom. The van der Waals surface area contributed by atoms with E-state index in [0.29, 0.717) is 6.54 Å². The van der Waals surface area contributed by atoms with Gasteiger partial charge in [-0.1, -0.05) is 6.07 Å². The van der Waals surface area contributed by atoms with E-state index in [1.807, 2.05) is 25.1 Å². The van der Waals surface area contributed by atoms with Crippen LogP contribution in [-0.2, 0) is 0 Å². The first kappa shape index (κ1) is 8.04. The van der Waals surface area contributed by atoms with Gasteiger partial charge in [-0.25, -0.2) is 4.79 Å².